The molecule has 0 unspecified atom stereocenters. The van der Waals surface area contributed by atoms with E-state index in [1.807, 2.05) is 0 Å². The molecule has 0 saturated carbocycles. The second-order valence-electron chi connectivity index (χ2n) is 4.81. The van der Waals surface area contributed by atoms with Crippen LogP contribution in [0.5, 0.6) is 0 Å². The lowest BCUT2D eigenvalue weighted by atomic mass is 10.3. The first-order valence-electron chi connectivity index (χ1n) is 6.62. The second kappa shape index (κ2) is 6.85. The maximum atomic E-state index is 13.4. The van der Waals surface area contributed by atoms with Crippen molar-refractivity contribution in [3.05, 3.63) is 28.5 Å². The van der Waals surface area contributed by atoms with Gasteiger partial charge in [0.1, 0.15) is 5.82 Å². The number of halogens is 2. The molecule has 1 amide bonds. The summed E-state index contributed by atoms with van der Waals surface area (Å²) in [5.41, 5.74) is 0. The first-order valence-corrected chi connectivity index (χ1v) is 8.90. The van der Waals surface area contributed by atoms with E-state index < -0.39 is 15.8 Å². The minimum atomic E-state index is -3.72. The minimum absolute atomic E-state index is 0.111. The summed E-state index contributed by atoms with van der Waals surface area (Å²) in [6.07, 6.45) is 1.97. The van der Waals surface area contributed by atoms with Gasteiger partial charge in [-0.1, -0.05) is 0 Å². The third-order valence-corrected chi connectivity index (χ3v) is 5.37. The van der Waals surface area contributed by atoms with Crippen LogP contribution in [-0.2, 0) is 14.8 Å². The van der Waals surface area contributed by atoms with Crippen LogP contribution >= 0.6 is 15.9 Å². The van der Waals surface area contributed by atoms with Gasteiger partial charge in [0.25, 0.3) is 0 Å². The van der Waals surface area contributed by atoms with Crippen molar-refractivity contribution in [1.29, 1.82) is 0 Å². The Hall–Kier alpha value is -0.990. The van der Waals surface area contributed by atoms with Crippen molar-refractivity contribution in [2.75, 3.05) is 19.6 Å². The zero-order chi connectivity index (χ0) is 15.5. The molecule has 0 aromatic heterocycles. The number of nitrogens with zero attached hydrogens (tertiary/aromatic N) is 1. The molecular weight excluding hydrogens is 363 g/mol. The lowest BCUT2D eigenvalue weighted by Crippen LogP contribution is -2.30. The monoisotopic (exact) mass is 378 g/mol. The van der Waals surface area contributed by atoms with Gasteiger partial charge in [-0.25, -0.2) is 17.5 Å². The lowest BCUT2D eigenvalue weighted by molar-refractivity contribution is -0.127. The molecule has 21 heavy (non-hydrogen) atoms. The van der Waals surface area contributed by atoms with Crippen LogP contribution in [0.4, 0.5) is 4.39 Å². The minimum Gasteiger partial charge on any atom is -0.343 e. The van der Waals surface area contributed by atoms with Gasteiger partial charge in [-0.15, -0.1) is 0 Å². The van der Waals surface area contributed by atoms with Crippen molar-refractivity contribution in [3.8, 4) is 0 Å². The van der Waals surface area contributed by atoms with Gasteiger partial charge in [0.15, 0.2) is 0 Å². The molecule has 5 nitrogen and oxygen atoms in total. The number of benzene rings is 1. The fraction of sp³-hybridized carbons (Fsp3) is 0.462. The van der Waals surface area contributed by atoms with Crippen molar-refractivity contribution in [3.63, 3.8) is 0 Å². The Morgan fingerprint density at radius 1 is 1.38 bits per heavy atom. The van der Waals surface area contributed by atoms with Gasteiger partial charge in [-0.2, -0.15) is 0 Å². The van der Waals surface area contributed by atoms with E-state index in [2.05, 4.69) is 20.7 Å². The van der Waals surface area contributed by atoms with Crippen LogP contribution in [0.25, 0.3) is 0 Å². The molecular formula is C13H16BrFN2O3S. The maximum Gasteiger partial charge on any atom is 0.240 e. The van der Waals surface area contributed by atoms with Gasteiger partial charge in [0, 0.05) is 26.1 Å². The fourth-order valence-corrected chi connectivity index (χ4v) is 3.48. The van der Waals surface area contributed by atoms with Crippen molar-refractivity contribution in [2.45, 2.75) is 24.2 Å². The molecule has 8 heteroatoms. The normalized spacial score (nSPS) is 15.7. The zero-order valence-electron chi connectivity index (χ0n) is 11.3. The average molecular weight is 379 g/mol. The number of nitrogens with one attached hydrogen (secondary N) is 1. The number of hydrogen-bond acceptors (Lipinski definition) is 3. The molecule has 116 valence electrons. The predicted octanol–water partition coefficient (Wildman–Crippen LogP) is 1.88. The Labute approximate surface area is 131 Å². The highest BCUT2D eigenvalue weighted by molar-refractivity contribution is 9.10. The summed E-state index contributed by atoms with van der Waals surface area (Å²) in [5, 5.41) is 0. The summed E-state index contributed by atoms with van der Waals surface area (Å²) in [6, 6.07) is 3.66. The van der Waals surface area contributed by atoms with Crippen LogP contribution in [0.15, 0.2) is 27.6 Å². The molecule has 1 N–H and O–H groups in total. The number of carbonyl (C=O) groups is 1. The van der Waals surface area contributed by atoms with Gasteiger partial charge < -0.3 is 4.90 Å². The molecule has 1 heterocycles. The summed E-state index contributed by atoms with van der Waals surface area (Å²) in [7, 11) is -3.72. The Balaban J connectivity index is 1.86. The summed E-state index contributed by atoms with van der Waals surface area (Å²) in [6.45, 7) is 1.49. The molecule has 2 rings (SSSR count). The largest absolute Gasteiger partial charge is 0.343 e. The molecule has 1 fully saturated rings. The first-order chi connectivity index (χ1) is 9.90. The highest BCUT2D eigenvalue weighted by Crippen LogP contribution is 2.19. The van der Waals surface area contributed by atoms with E-state index in [9.17, 15) is 17.6 Å². The van der Waals surface area contributed by atoms with Crippen molar-refractivity contribution >= 4 is 31.9 Å². The van der Waals surface area contributed by atoms with Gasteiger partial charge in [0.2, 0.25) is 15.9 Å². The molecule has 1 aromatic rings. The first kappa shape index (κ1) is 16.4. The Bertz CT molecular complexity index is 636. The van der Waals surface area contributed by atoms with E-state index in [4.69, 9.17) is 0 Å². The van der Waals surface area contributed by atoms with E-state index >= 15 is 0 Å². The number of rotatable bonds is 6. The lowest BCUT2D eigenvalue weighted by Gasteiger charge is -2.15. The van der Waals surface area contributed by atoms with E-state index in [1.165, 1.54) is 12.1 Å². The summed E-state index contributed by atoms with van der Waals surface area (Å²) >= 11 is 2.98. The fourth-order valence-electron chi connectivity index (χ4n) is 2.14. The standard InChI is InChI=1S/C13H16BrFN2O3S/c14-11-5-4-10(9-12(11)15)21(19,20)16-6-2-8-17-7-1-3-13(17)18/h4-5,9,16H,1-3,6-8H2. The zero-order valence-corrected chi connectivity index (χ0v) is 13.7. The Kier molecular flexibility index (Phi) is 5.34. The van der Waals surface area contributed by atoms with Crippen molar-refractivity contribution in [2.24, 2.45) is 0 Å². The summed E-state index contributed by atoms with van der Waals surface area (Å²) in [4.78, 5) is 13.0. The van der Waals surface area contributed by atoms with E-state index in [1.54, 1.807) is 4.90 Å². The Morgan fingerprint density at radius 3 is 2.76 bits per heavy atom. The average Bonchev–Trinajstić information content (AvgIpc) is 2.83. The molecule has 1 aliphatic rings. The number of carbonyl (C=O) groups excluding carboxylic acids is 1. The highest BCUT2D eigenvalue weighted by Gasteiger charge is 2.20. The number of amides is 1. The van der Waals surface area contributed by atoms with Crippen LogP contribution in [0.2, 0.25) is 0 Å². The summed E-state index contributed by atoms with van der Waals surface area (Å²) in [5.74, 6) is -0.506. The van der Waals surface area contributed by atoms with E-state index in [-0.39, 0.29) is 21.8 Å². The van der Waals surface area contributed by atoms with Crippen LogP contribution < -0.4 is 4.72 Å². The maximum absolute atomic E-state index is 13.4. The molecule has 1 saturated heterocycles. The quantitative estimate of drug-likeness (QED) is 0.768. The van der Waals surface area contributed by atoms with Gasteiger partial charge >= 0.3 is 0 Å². The third kappa shape index (κ3) is 4.24. The molecule has 0 aliphatic carbocycles. The second-order valence-corrected chi connectivity index (χ2v) is 7.43. The molecule has 0 spiro atoms. The van der Waals surface area contributed by atoms with Crippen molar-refractivity contribution < 1.29 is 17.6 Å². The van der Waals surface area contributed by atoms with Crippen LogP contribution in [-0.4, -0.2) is 38.9 Å². The SMILES string of the molecule is O=C1CCCN1CCCNS(=O)(=O)c1ccc(Br)c(F)c1. The van der Waals surface area contributed by atoms with E-state index in [0.717, 1.165) is 19.0 Å². The predicted molar refractivity (Wildman–Crippen MR) is 79.7 cm³/mol. The van der Waals surface area contributed by atoms with Crippen molar-refractivity contribution in [1.82, 2.24) is 9.62 Å². The molecule has 0 bridgehead atoms. The highest BCUT2D eigenvalue weighted by atomic mass is 79.9. The smallest absolute Gasteiger partial charge is 0.240 e. The van der Waals surface area contributed by atoms with Crippen LogP contribution in [0.3, 0.4) is 0 Å². The molecule has 0 radical (unpaired) electrons. The van der Waals surface area contributed by atoms with Crippen LogP contribution in [0.1, 0.15) is 19.3 Å². The van der Waals surface area contributed by atoms with E-state index in [0.29, 0.717) is 19.4 Å². The van der Waals surface area contributed by atoms with Gasteiger partial charge in [0.05, 0.1) is 9.37 Å². The number of hydrogen-bond donors (Lipinski definition) is 1. The Morgan fingerprint density at radius 2 is 2.14 bits per heavy atom. The molecule has 1 aliphatic heterocycles. The van der Waals surface area contributed by atoms with Gasteiger partial charge in [-0.05, 0) is 47.0 Å². The molecule has 1 aromatic carbocycles. The molecule has 0 atom stereocenters. The topological polar surface area (TPSA) is 66.5 Å². The van der Waals surface area contributed by atoms with Crippen LogP contribution in [0, 0.1) is 5.82 Å². The number of sulfonamides is 1. The third-order valence-electron chi connectivity index (χ3n) is 3.27. The summed E-state index contributed by atoms with van der Waals surface area (Å²) < 4.78 is 40.0. The number of likely N-dealkylation sites (tertiary alicyclic amines) is 1. The van der Waals surface area contributed by atoms with Gasteiger partial charge in [-0.3, -0.25) is 4.79 Å².